The summed E-state index contributed by atoms with van der Waals surface area (Å²) in [4.78, 5) is 0. The zero-order valence-corrected chi connectivity index (χ0v) is 12.1. The molecule has 102 valence electrons. The van der Waals surface area contributed by atoms with Gasteiger partial charge in [0.2, 0.25) is 0 Å². The molecule has 1 aromatic carbocycles. The summed E-state index contributed by atoms with van der Waals surface area (Å²) in [5, 5.41) is 8.04. The Morgan fingerprint density at radius 2 is 2.21 bits per heavy atom. The summed E-state index contributed by atoms with van der Waals surface area (Å²) in [6.45, 7) is 4.92. The first-order chi connectivity index (χ1) is 9.06. The van der Waals surface area contributed by atoms with E-state index < -0.39 is 0 Å². The van der Waals surface area contributed by atoms with Crippen molar-refractivity contribution in [1.29, 1.82) is 0 Å². The second kappa shape index (κ2) is 6.08. The third kappa shape index (κ3) is 3.72. The van der Waals surface area contributed by atoms with Crippen LogP contribution in [0.1, 0.15) is 19.4 Å². The van der Waals surface area contributed by atoms with Crippen LogP contribution in [0, 0.1) is 0 Å². The van der Waals surface area contributed by atoms with Crippen LogP contribution in [0.5, 0.6) is 11.5 Å². The van der Waals surface area contributed by atoms with Crippen molar-refractivity contribution in [2.45, 2.75) is 26.4 Å². The second-order valence-corrected chi connectivity index (χ2v) is 5.12. The normalized spacial score (nSPS) is 11.0. The fourth-order valence-corrected chi connectivity index (χ4v) is 1.92. The van der Waals surface area contributed by atoms with Gasteiger partial charge in [-0.15, -0.1) is 0 Å². The largest absolute Gasteiger partial charge is 0.452 e. The van der Waals surface area contributed by atoms with Crippen molar-refractivity contribution in [3.63, 3.8) is 0 Å². The number of aryl methyl sites for hydroxylation is 1. The molecule has 1 N–H and O–H groups in total. The number of benzene rings is 1. The summed E-state index contributed by atoms with van der Waals surface area (Å²) in [5.74, 6) is 1.37. The Hall–Kier alpha value is -1.52. The van der Waals surface area contributed by atoms with E-state index in [2.05, 4.69) is 24.3 Å². The highest BCUT2D eigenvalue weighted by molar-refractivity contribution is 6.32. The first-order valence-electron chi connectivity index (χ1n) is 6.23. The molecule has 0 atom stereocenters. The molecule has 0 radical (unpaired) electrons. The van der Waals surface area contributed by atoms with Crippen molar-refractivity contribution in [3.8, 4) is 11.5 Å². The van der Waals surface area contributed by atoms with Crippen LogP contribution in [0.2, 0.25) is 5.02 Å². The zero-order chi connectivity index (χ0) is 13.8. The number of para-hydroxylation sites is 1. The van der Waals surface area contributed by atoms with E-state index in [-0.39, 0.29) is 0 Å². The quantitative estimate of drug-likeness (QED) is 0.912. The van der Waals surface area contributed by atoms with Gasteiger partial charge in [0.15, 0.2) is 11.5 Å². The lowest BCUT2D eigenvalue weighted by Gasteiger charge is -2.13. The second-order valence-electron chi connectivity index (χ2n) is 4.72. The van der Waals surface area contributed by atoms with Gasteiger partial charge in [-0.3, -0.25) is 4.68 Å². The third-order valence-corrected chi connectivity index (χ3v) is 2.95. The minimum Gasteiger partial charge on any atom is -0.452 e. The Morgan fingerprint density at radius 1 is 1.42 bits per heavy atom. The van der Waals surface area contributed by atoms with Gasteiger partial charge in [0, 0.05) is 25.2 Å². The van der Waals surface area contributed by atoms with Crippen molar-refractivity contribution in [2.24, 2.45) is 7.05 Å². The molecular weight excluding hydrogens is 262 g/mol. The van der Waals surface area contributed by atoms with Gasteiger partial charge in [-0.2, -0.15) is 5.10 Å². The van der Waals surface area contributed by atoms with E-state index in [1.54, 1.807) is 10.9 Å². The van der Waals surface area contributed by atoms with E-state index in [9.17, 15) is 0 Å². The standard InChI is InChI=1S/C14H18ClN3O/c1-10(2)16-7-11-5-4-6-13(15)14(11)19-12-8-17-18(3)9-12/h4-6,8-10,16H,7H2,1-3H3. The Morgan fingerprint density at radius 3 is 2.84 bits per heavy atom. The zero-order valence-electron chi connectivity index (χ0n) is 11.4. The minimum absolute atomic E-state index is 0.408. The molecule has 1 heterocycles. The van der Waals surface area contributed by atoms with Gasteiger partial charge in [0.05, 0.1) is 17.4 Å². The van der Waals surface area contributed by atoms with E-state index in [1.165, 1.54) is 0 Å². The molecule has 0 amide bonds. The minimum atomic E-state index is 0.408. The number of hydrogen-bond acceptors (Lipinski definition) is 3. The van der Waals surface area contributed by atoms with Crippen molar-refractivity contribution in [1.82, 2.24) is 15.1 Å². The van der Waals surface area contributed by atoms with Gasteiger partial charge in [-0.25, -0.2) is 0 Å². The molecule has 0 aliphatic heterocycles. The molecular formula is C14H18ClN3O. The van der Waals surface area contributed by atoms with Gasteiger partial charge >= 0.3 is 0 Å². The SMILES string of the molecule is CC(C)NCc1cccc(Cl)c1Oc1cnn(C)c1. The average molecular weight is 280 g/mol. The van der Waals surface area contributed by atoms with Crippen molar-refractivity contribution < 1.29 is 4.74 Å². The first-order valence-corrected chi connectivity index (χ1v) is 6.61. The highest BCUT2D eigenvalue weighted by atomic mass is 35.5. The van der Waals surface area contributed by atoms with Gasteiger partial charge in [-0.05, 0) is 6.07 Å². The molecule has 0 aliphatic rings. The molecule has 0 aliphatic carbocycles. The van der Waals surface area contributed by atoms with E-state index >= 15 is 0 Å². The predicted molar refractivity (Wildman–Crippen MR) is 76.7 cm³/mol. The van der Waals surface area contributed by atoms with Crippen LogP contribution in [0.3, 0.4) is 0 Å². The lowest BCUT2D eigenvalue weighted by Crippen LogP contribution is -2.22. The first kappa shape index (κ1) is 13.9. The van der Waals surface area contributed by atoms with Gasteiger partial charge in [-0.1, -0.05) is 37.6 Å². The van der Waals surface area contributed by atoms with Crippen LogP contribution in [0.4, 0.5) is 0 Å². The van der Waals surface area contributed by atoms with Crippen LogP contribution in [0.25, 0.3) is 0 Å². The average Bonchev–Trinajstić information content (AvgIpc) is 2.75. The smallest absolute Gasteiger partial charge is 0.165 e. The summed E-state index contributed by atoms with van der Waals surface area (Å²) in [5.41, 5.74) is 1.03. The molecule has 4 nitrogen and oxygen atoms in total. The number of hydrogen-bond donors (Lipinski definition) is 1. The molecule has 0 spiro atoms. The fraction of sp³-hybridized carbons (Fsp3) is 0.357. The number of nitrogens with zero attached hydrogens (tertiary/aromatic N) is 2. The number of ether oxygens (including phenoxy) is 1. The van der Waals surface area contributed by atoms with Crippen molar-refractivity contribution in [2.75, 3.05) is 0 Å². The molecule has 5 heteroatoms. The highest BCUT2D eigenvalue weighted by Gasteiger charge is 2.10. The Labute approximate surface area is 118 Å². The fourth-order valence-electron chi connectivity index (χ4n) is 1.69. The molecule has 1 aromatic heterocycles. The van der Waals surface area contributed by atoms with Crippen molar-refractivity contribution in [3.05, 3.63) is 41.2 Å². The predicted octanol–water partition coefficient (Wildman–Crippen LogP) is 3.36. The topological polar surface area (TPSA) is 39.1 Å². The van der Waals surface area contributed by atoms with E-state index in [0.29, 0.717) is 29.1 Å². The van der Waals surface area contributed by atoms with E-state index in [0.717, 1.165) is 5.56 Å². The molecule has 0 bridgehead atoms. The number of aromatic nitrogens is 2. The van der Waals surface area contributed by atoms with Gasteiger partial charge < -0.3 is 10.1 Å². The third-order valence-electron chi connectivity index (χ3n) is 2.65. The Bertz CT molecular complexity index is 551. The maximum absolute atomic E-state index is 6.22. The summed E-state index contributed by atoms with van der Waals surface area (Å²) < 4.78 is 7.53. The van der Waals surface area contributed by atoms with Gasteiger partial charge in [0.25, 0.3) is 0 Å². The Kier molecular flexibility index (Phi) is 4.45. The monoisotopic (exact) mass is 279 g/mol. The molecule has 0 unspecified atom stereocenters. The highest BCUT2D eigenvalue weighted by Crippen LogP contribution is 2.32. The lowest BCUT2D eigenvalue weighted by molar-refractivity contribution is 0.469. The summed E-state index contributed by atoms with van der Waals surface area (Å²) >= 11 is 6.22. The number of halogens is 1. The molecule has 2 aromatic rings. The van der Waals surface area contributed by atoms with Crippen LogP contribution < -0.4 is 10.1 Å². The number of nitrogens with one attached hydrogen (secondary N) is 1. The molecule has 0 saturated heterocycles. The van der Waals surface area contributed by atoms with E-state index in [4.69, 9.17) is 16.3 Å². The molecule has 0 fully saturated rings. The van der Waals surface area contributed by atoms with E-state index in [1.807, 2.05) is 31.4 Å². The molecule has 19 heavy (non-hydrogen) atoms. The lowest BCUT2D eigenvalue weighted by atomic mass is 10.2. The number of rotatable bonds is 5. The van der Waals surface area contributed by atoms with Crippen LogP contribution in [0.15, 0.2) is 30.6 Å². The maximum atomic E-state index is 6.22. The van der Waals surface area contributed by atoms with Crippen LogP contribution in [-0.4, -0.2) is 15.8 Å². The van der Waals surface area contributed by atoms with Crippen LogP contribution >= 0.6 is 11.6 Å². The maximum Gasteiger partial charge on any atom is 0.165 e. The van der Waals surface area contributed by atoms with Gasteiger partial charge in [0.1, 0.15) is 0 Å². The van der Waals surface area contributed by atoms with Crippen molar-refractivity contribution >= 4 is 11.6 Å². The molecule has 0 saturated carbocycles. The Balaban J connectivity index is 2.22. The van der Waals surface area contributed by atoms with Crippen LogP contribution in [-0.2, 0) is 13.6 Å². The summed E-state index contributed by atoms with van der Waals surface area (Å²) in [6.07, 6.45) is 3.48. The summed E-state index contributed by atoms with van der Waals surface area (Å²) in [7, 11) is 1.85. The summed E-state index contributed by atoms with van der Waals surface area (Å²) in [6, 6.07) is 6.17. The molecule has 2 rings (SSSR count).